The first kappa shape index (κ1) is 12.3. The fraction of sp³-hybridized carbons (Fsp3) is 0.222. The smallest absolute Gasteiger partial charge is 0.232 e. The lowest BCUT2D eigenvalue weighted by molar-refractivity contribution is -0.0558. The first-order chi connectivity index (χ1) is 6.80. The molecule has 0 N–H and O–H groups in total. The molecule has 0 heterocycles. The zero-order valence-electron chi connectivity index (χ0n) is 7.57. The van der Waals surface area contributed by atoms with Gasteiger partial charge in [-0.05, 0) is 24.6 Å². The van der Waals surface area contributed by atoms with Crippen molar-refractivity contribution in [2.75, 3.05) is 0 Å². The molecular weight excluding hydrogens is 250 g/mol. The van der Waals surface area contributed by atoms with Gasteiger partial charge in [0.15, 0.2) is 0 Å². The quantitative estimate of drug-likeness (QED) is 0.657. The molecule has 6 heteroatoms. The summed E-state index contributed by atoms with van der Waals surface area (Å²) in [5, 5.41) is -1.10. The van der Waals surface area contributed by atoms with E-state index >= 15 is 0 Å². The number of hydrogen-bond acceptors (Lipinski definition) is 1. The molecule has 1 aromatic carbocycles. The second-order valence-electron chi connectivity index (χ2n) is 2.83. The molecule has 0 unspecified atom stereocenters. The van der Waals surface area contributed by atoms with E-state index in [0.717, 1.165) is 0 Å². The fourth-order valence-corrected chi connectivity index (χ4v) is 1.13. The monoisotopic (exact) mass is 255 g/mol. The summed E-state index contributed by atoms with van der Waals surface area (Å²) in [5.74, 6) is 0. The highest BCUT2D eigenvalue weighted by atomic mass is 35.5. The second kappa shape index (κ2) is 4.41. The van der Waals surface area contributed by atoms with Gasteiger partial charge in [0, 0.05) is 5.02 Å². The van der Waals surface area contributed by atoms with Crippen molar-refractivity contribution in [3.8, 4) is 0 Å². The van der Waals surface area contributed by atoms with E-state index in [1.54, 1.807) is 19.1 Å². The van der Waals surface area contributed by atoms with Crippen LogP contribution in [0, 0.1) is 6.92 Å². The van der Waals surface area contributed by atoms with Gasteiger partial charge in [-0.2, -0.15) is 13.2 Å². The van der Waals surface area contributed by atoms with E-state index in [2.05, 4.69) is 4.99 Å². The van der Waals surface area contributed by atoms with Crippen LogP contribution < -0.4 is 0 Å². The Morgan fingerprint density at radius 2 is 1.93 bits per heavy atom. The normalized spacial score (nSPS) is 13.1. The third-order valence-electron chi connectivity index (χ3n) is 1.62. The van der Waals surface area contributed by atoms with E-state index in [4.69, 9.17) is 23.2 Å². The van der Waals surface area contributed by atoms with Crippen LogP contribution in [0.3, 0.4) is 0 Å². The van der Waals surface area contributed by atoms with Crippen molar-refractivity contribution in [1.82, 2.24) is 0 Å². The summed E-state index contributed by atoms with van der Waals surface area (Å²) in [6.07, 6.45) is -4.63. The van der Waals surface area contributed by atoms with Crippen molar-refractivity contribution in [3.05, 3.63) is 28.8 Å². The van der Waals surface area contributed by atoms with Crippen LogP contribution in [0.5, 0.6) is 0 Å². The predicted molar refractivity (Wildman–Crippen MR) is 55.2 cm³/mol. The molecule has 15 heavy (non-hydrogen) atoms. The molecular formula is C9H6Cl2F3N. The highest BCUT2D eigenvalue weighted by Crippen LogP contribution is 2.27. The van der Waals surface area contributed by atoms with Gasteiger partial charge in [0.2, 0.25) is 5.17 Å². The molecule has 1 aromatic rings. The molecule has 0 fully saturated rings. The first-order valence-corrected chi connectivity index (χ1v) is 4.64. The van der Waals surface area contributed by atoms with Crippen LogP contribution in [-0.4, -0.2) is 11.3 Å². The average molecular weight is 256 g/mol. The number of alkyl halides is 3. The first-order valence-electron chi connectivity index (χ1n) is 3.88. The van der Waals surface area contributed by atoms with Gasteiger partial charge in [0.25, 0.3) is 0 Å². The maximum atomic E-state index is 12.1. The standard InChI is InChI=1S/C9H6Cl2F3N/c1-5-2-3-6(10)4-7(5)15-8(11)9(12,13)14/h2-4H,1H3. The summed E-state index contributed by atoms with van der Waals surface area (Å²) in [6, 6.07) is 4.46. The van der Waals surface area contributed by atoms with E-state index in [1.807, 2.05) is 0 Å². The number of nitrogens with zero attached hydrogens (tertiary/aromatic N) is 1. The maximum absolute atomic E-state index is 12.1. The summed E-state index contributed by atoms with van der Waals surface area (Å²) >= 11 is 10.6. The third kappa shape index (κ3) is 3.39. The molecule has 82 valence electrons. The molecule has 0 bridgehead atoms. The predicted octanol–water partition coefficient (Wildman–Crippen LogP) is 4.48. The molecule has 0 amide bonds. The molecule has 0 spiro atoms. The maximum Gasteiger partial charge on any atom is 0.444 e. The Morgan fingerprint density at radius 1 is 1.33 bits per heavy atom. The lowest BCUT2D eigenvalue weighted by atomic mass is 10.2. The fourth-order valence-electron chi connectivity index (χ4n) is 0.872. The Kier molecular flexibility index (Phi) is 3.62. The molecule has 0 radical (unpaired) electrons. The number of aryl methyl sites for hydroxylation is 1. The van der Waals surface area contributed by atoms with E-state index < -0.39 is 11.3 Å². The Hall–Kier alpha value is -0.740. The van der Waals surface area contributed by atoms with Crippen molar-refractivity contribution in [2.45, 2.75) is 13.1 Å². The molecule has 0 aromatic heterocycles. The van der Waals surface area contributed by atoms with Crippen molar-refractivity contribution in [2.24, 2.45) is 4.99 Å². The van der Waals surface area contributed by atoms with E-state index in [9.17, 15) is 13.2 Å². The summed E-state index contributed by atoms with van der Waals surface area (Å²) in [6.45, 7) is 1.62. The second-order valence-corrected chi connectivity index (χ2v) is 3.63. The van der Waals surface area contributed by atoms with Gasteiger partial charge in [-0.1, -0.05) is 29.3 Å². The van der Waals surface area contributed by atoms with Crippen LogP contribution >= 0.6 is 23.2 Å². The van der Waals surface area contributed by atoms with Gasteiger partial charge in [-0.3, -0.25) is 0 Å². The number of rotatable bonds is 1. The van der Waals surface area contributed by atoms with Gasteiger partial charge < -0.3 is 0 Å². The molecule has 0 saturated carbocycles. The van der Waals surface area contributed by atoms with Crippen LogP contribution in [0.15, 0.2) is 23.2 Å². The van der Waals surface area contributed by atoms with E-state index in [-0.39, 0.29) is 5.69 Å². The SMILES string of the molecule is Cc1ccc(Cl)cc1N=C(Cl)C(F)(F)F. The van der Waals surface area contributed by atoms with E-state index in [0.29, 0.717) is 10.6 Å². The topological polar surface area (TPSA) is 12.4 Å². The minimum atomic E-state index is -4.63. The van der Waals surface area contributed by atoms with Gasteiger partial charge in [0.05, 0.1) is 5.69 Å². The number of benzene rings is 1. The molecule has 0 saturated heterocycles. The van der Waals surface area contributed by atoms with Gasteiger partial charge in [-0.25, -0.2) is 4.99 Å². The Morgan fingerprint density at radius 3 is 2.47 bits per heavy atom. The van der Waals surface area contributed by atoms with Gasteiger partial charge in [0.1, 0.15) is 0 Å². The van der Waals surface area contributed by atoms with Crippen LogP contribution in [0.1, 0.15) is 5.56 Å². The van der Waals surface area contributed by atoms with Crippen LogP contribution in [0.2, 0.25) is 5.02 Å². The molecule has 1 rings (SSSR count). The molecule has 1 nitrogen and oxygen atoms in total. The summed E-state index contributed by atoms with van der Waals surface area (Å²) < 4.78 is 36.2. The van der Waals surface area contributed by atoms with Crippen molar-refractivity contribution >= 4 is 34.1 Å². The summed E-state index contributed by atoms with van der Waals surface area (Å²) in [7, 11) is 0. The molecule has 0 aliphatic carbocycles. The number of hydrogen-bond donors (Lipinski definition) is 0. The van der Waals surface area contributed by atoms with Crippen molar-refractivity contribution in [1.29, 1.82) is 0 Å². The van der Waals surface area contributed by atoms with Gasteiger partial charge in [-0.15, -0.1) is 0 Å². The van der Waals surface area contributed by atoms with E-state index in [1.165, 1.54) is 6.07 Å². The average Bonchev–Trinajstić information content (AvgIpc) is 2.09. The minimum absolute atomic E-state index is 0.116. The number of aliphatic imine (C=N–C) groups is 1. The number of halogens is 5. The Balaban J connectivity index is 3.13. The molecule has 0 aliphatic rings. The molecule has 0 atom stereocenters. The minimum Gasteiger partial charge on any atom is -0.232 e. The lowest BCUT2D eigenvalue weighted by Gasteiger charge is -2.05. The summed E-state index contributed by atoms with van der Waals surface area (Å²) in [5.41, 5.74) is 0.687. The lowest BCUT2D eigenvalue weighted by Crippen LogP contribution is -2.16. The van der Waals surface area contributed by atoms with Crippen LogP contribution in [0.4, 0.5) is 18.9 Å². The molecule has 0 aliphatic heterocycles. The largest absolute Gasteiger partial charge is 0.444 e. The van der Waals surface area contributed by atoms with Gasteiger partial charge >= 0.3 is 6.18 Å². The van der Waals surface area contributed by atoms with Crippen molar-refractivity contribution < 1.29 is 13.2 Å². The van der Waals surface area contributed by atoms with Crippen LogP contribution in [0.25, 0.3) is 0 Å². The highest BCUT2D eigenvalue weighted by Gasteiger charge is 2.34. The zero-order chi connectivity index (χ0) is 11.6. The highest BCUT2D eigenvalue weighted by molar-refractivity contribution is 6.67. The Bertz CT molecular complexity index is 399. The third-order valence-corrected chi connectivity index (χ3v) is 2.16. The Labute approximate surface area is 94.5 Å². The van der Waals surface area contributed by atoms with Crippen molar-refractivity contribution in [3.63, 3.8) is 0 Å². The summed E-state index contributed by atoms with van der Waals surface area (Å²) in [4.78, 5) is 3.26. The van der Waals surface area contributed by atoms with Crippen LogP contribution in [-0.2, 0) is 0 Å². The zero-order valence-corrected chi connectivity index (χ0v) is 9.08.